The number of ether oxygens (including phenoxy) is 2. The molecule has 0 saturated heterocycles. The first-order chi connectivity index (χ1) is 20.4. The molecule has 2 aliphatic rings. The number of fused-ring (bicyclic) bond motifs is 2. The van der Waals surface area contributed by atoms with Gasteiger partial charge in [0.2, 0.25) is 0 Å². The standard InChI is InChI=1S/C34H32FN3O4/c1-4-20(2)25-8-6-5-7-21(25)13-14-36-33(39)23-15-27(22-9-10-22)32-37-29(18-38(32)17-23)26-11-12-30-28(31(26)35)16-24(19-42-30)34(40)41-3/h4-8,11-12,15-18,22H,9-10,13-14,19H2,1-3H3,(H,36,39)/b20-4-. The fourth-order valence-corrected chi connectivity index (χ4v) is 5.42. The van der Waals surface area contributed by atoms with E-state index in [9.17, 15) is 9.59 Å². The van der Waals surface area contributed by atoms with Gasteiger partial charge in [-0.15, -0.1) is 0 Å². The van der Waals surface area contributed by atoms with Gasteiger partial charge >= 0.3 is 5.97 Å². The molecule has 0 spiro atoms. The summed E-state index contributed by atoms with van der Waals surface area (Å²) in [7, 11) is 1.28. The second kappa shape index (κ2) is 11.3. The number of imidazole rings is 1. The van der Waals surface area contributed by atoms with Gasteiger partial charge in [0.25, 0.3) is 5.91 Å². The topological polar surface area (TPSA) is 81.9 Å². The normalized spacial score (nSPS) is 14.7. The third-order valence-corrected chi connectivity index (χ3v) is 7.98. The van der Waals surface area contributed by atoms with Crippen LogP contribution in [0.4, 0.5) is 4.39 Å². The third kappa shape index (κ3) is 5.20. The van der Waals surface area contributed by atoms with Crippen molar-refractivity contribution in [3.8, 4) is 17.0 Å². The number of aromatic nitrogens is 2. The van der Waals surface area contributed by atoms with Crippen molar-refractivity contribution in [1.29, 1.82) is 0 Å². The first-order valence-electron chi connectivity index (χ1n) is 14.1. The van der Waals surface area contributed by atoms with Crippen molar-refractivity contribution in [3.05, 3.63) is 100 Å². The zero-order valence-corrected chi connectivity index (χ0v) is 23.9. The predicted molar refractivity (Wildman–Crippen MR) is 160 cm³/mol. The van der Waals surface area contributed by atoms with Crippen molar-refractivity contribution >= 4 is 29.2 Å². The first kappa shape index (κ1) is 27.4. The summed E-state index contributed by atoms with van der Waals surface area (Å²) in [6, 6.07) is 13.5. The summed E-state index contributed by atoms with van der Waals surface area (Å²) in [5.74, 6) is -0.578. The Morgan fingerprint density at radius 3 is 2.76 bits per heavy atom. The molecule has 0 atom stereocenters. The zero-order valence-electron chi connectivity index (χ0n) is 23.9. The zero-order chi connectivity index (χ0) is 29.4. The van der Waals surface area contributed by atoms with Gasteiger partial charge in [-0.2, -0.15) is 0 Å². The molecule has 1 aliphatic heterocycles. The Balaban J connectivity index is 1.28. The Kier molecular flexibility index (Phi) is 7.37. The molecule has 214 valence electrons. The lowest BCUT2D eigenvalue weighted by Gasteiger charge is -2.18. The van der Waals surface area contributed by atoms with Crippen molar-refractivity contribution in [3.63, 3.8) is 0 Å². The molecular formula is C34H32FN3O4. The van der Waals surface area contributed by atoms with Gasteiger partial charge in [0, 0.05) is 24.5 Å². The van der Waals surface area contributed by atoms with E-state index < -0.39 is 11.8 Å². The van der Waals surface area contributed by atoms with E-state index in [0.717, 1.165) is 18.4 Å². The number of esters is 1. The number of benzene rings is 2. The Hall–Kier alpha value is -4.72. The average Bonchev–Trinajstić information content (AvgIpc) is 3.78. The monoisotopic (exact) mass is 565 g/mol. The van der Waals surface area contributed by atoms with Crippen LogP contribution in [-0.2, 0) is 16.0 Å². The smallest absolute Gasteiger partial charge is 0.337 e. The van der Waals surface area contributed by atoms with Gasteiger partial charge in [-0.05, 0) is 85.6 Å². The Labute approximate surface area is 243 Å². The minimum absolute atomic E-state index is 0.0182. The van der Waals surface area contributed by atoms with E-state index in [0.29, 0.717) is 41.5 Å². The molecular weight excluding hydrogens is 533 g/mol. The van der Waals surface area contributed by atoms with E-state index in [1.54, 1.807) is 24.5 Å². The number of pyridine rings is 1. The average molecular weight is 566 g/mol. The summed E-state index contributed by atoms with van der Waals surface area (Å²) < 4.78 is 28.0. The molecule has 7 nitrogen and oxygen atoms in total. The predicted octanol–water partition coefficient (Wildman–Crippen LogP) is 6.36. The van der Waals surface area contributed by atoms with Crippen LogP contribution >= 0.6 is 0 Å². The highest BCUT2D eigenvalue weighted by Crippen LogP contribution is 2.43. The van der Waals surface area contributed by atoms with Crippen molar-refractivity contribution in [1.82, 2.24) is 14.7 Å². The number of hydrogen-bond donors (Lipinski definition) is 1. The van der Waals surface area contributed by atoms with E-state index in [2.05, 4.69) is 30.4 Å². The number of nitrogens with one attached hydrogen (secondary N) is 1. The molecule has 3 heterocycles. The van der Waals surface area contributed by atoms with Gasteiger partial charge < -0.3 is 19.2 Å². The van der Waals surface area contributed by atoms with Crippen LogP contribution in [0.3, 0.4) is 0 Å². The van der Waals surface area contributed by atoms with E-state index in [-0.39, 0.29) is 29.2 Å². The number of methoxy groups -OCH3 is 1. The number of halogens is 1. The first-order valence-corrected chi connectivity index (χ1v) is 14.1. The second-order valence-electron chi connectivity index (χ2n) is 10.7. The minimum atomic E-state index is -0.560. The fourth-order valence-electron chi connectivity index (χ4n) is 5.42. The van der Waals surface area contributed by atoms with Crippen LogP contribution in [0.25, 0.3) is 28.6 Å². The molecule has 1 aliphatic carbocycles. The van der Waals surface area contributed by atoms with Crippen molar-refractivity contribution in [2.75, 3.05) is 20.3 Å². The molecule has 1 N–H and O–H groups in total. The Morgan fingerprint density at radius 1 is 1.19 bits per heavy atom. The number of allylic oxidation sites excluding steroid dienone is 2. The van der Waals surface area contributed by atoms with Gasteiger partial charge in [-0.25, -0.2) is 14.2 Å². The van der Waals surface area contributed by atoms with Crippen LogP contribution in [0.15, 0.2) is 66.5 Å². The summed E-state index contributed by atoms with van der Waals surface area (Å²) >= 11 is 0. The van der Waals surface area contributed by atoms with Crippen molar-refractivity contribution in [2.45, 2.75) is 39.0 Å². The minimum Gasteiger partial charge on any atom is -0.488 e. The third-order valence-electron chi connectivity index (χ3n) is 7.98. The number of carbonyl (C=O) groups is 2. The lowest BCUT2D eigenvalue weighted by atomic mass is 9.98. The summed E-state index contributed by atoms with van der Waals surface area (Å²) in [5.41, 5.74) is 6.95. The molecule has 0 radical (unpaired) electrons. The molecule has 2 aromatic heterocycles. The van der Waals surface area contributed by atoms with E-state index in [4.69, 9.17) is 14.5 Å². The highest BCUT2D eigenvalue weighted by Gasteiger charge is 2.29. The molecule has 6 rings (SSSR count). The van der Waals surface area contributed by atoms with Crippen molar-refractivity contribution in [2.24, 2.45) is 0 Å². The molecule has 0 unspecified atom stereocenters. The van der Waals surface area contributed by atoms with E-state index in [1.165, 1.54) is 29.9 Å². The summed E-state index contributed by atoms with van der Waals surface area (Å²) in [4.78, 5) is 30.1. The molecule has 1 saturated carbocycles. The van der Waals surface area contributed by atoms with Gasteiger partial charge in [0.05, 0.1) is 29.5 Å². The summed E-state index contributed by atoms with van der Waals surface area (Å²) in [6.45, 7) is 4.63. The molecule has 0 bridgehead atoms. The summed E-state index contributed by atoms with van der Waals surface area (Å²) in [6.07, 6.45) is 9.81. The molecule has 2 aromatic carbocycles. The lowest BCUT2D eigenvalue weighted by Crippen LogP contribution is -2.26. The maximum absolute atomic E-state index is 15.8. The van der Waals surface area contributed by atoms with Crippen LogP contribution < -0.4 is 10.1 Å². The highest BCUT2D eigenvalue weighted by molar-refractivity contribution is 5.96. The van der Waals surface area contributed by atoms with Gasteiger partial charge in [0.1, 0.15) is 23.8 Å². The largest absolute Gasteiger partial charge is 0.488 e. The highest BCUT2D eigenvalue weighted by atomic mass is 19.1. The maximum Gasteiger partial charge on any atom is 0.337 e. The summed E-state index contributed by atoms with van der Waals surface area (Å²) in [5, 5.41) is 3.07. The Bertz CT molecular complexity index is 1780. The van der Waals surface area contributed by atoms with Gasteiger partial charge in [-0.3, -0.25) is 4.79 Å². The molecule has 1 fully saturated rings. The van der Waals surface area contributed by atoms with Crippen LogP contribution in [0.1, 0.15) is 65.2 Å². The lowest BCUT2D eigenvalue weighted by molar-refractivity contribution is -0.136. The fraction of sp³-hybridized carbons (Fsp3) is 0.265. The maximum atomic E-state index is 15.8. The van der Waals surface area contributed by atoms with Crippen LogP contribution in [0.2, 0.25) is 0 Å². The second-order valence-corrected chi connectivity index (χ2v) is 10.7. The van der Waals surface area contributed by atoms with Gasteiger partial charge in [0.15, 0.2) is 0 Å². The number of nitrogens with zero attached hydrogens (tertiary/aromatic N) is 2. The molecule has 1 amide bonds. The number of hydrogen-bond acceptors (Lipinski definition) is 5. The van der Waals surface area contributed by atoms with Crippen molar-refractivity contribution < 1.29 is 23.5 Å². The molecule has 8 heteroatoms. The van der Waals surface area contributed by atoms with Crippen LogP contribution in [-0.4, -0.2) is 41.5 Å². The van der Waals surface area contributed by atoms with Crippen LogP contribution in [0.5, 0.6) is 5.75 Å². The number of carbonyl (C=O) groups excluding carboxylic acids is 2. The number of amides is 1. The van der Waals surface area contributed by atoms with Crippen LogP contribution in [0, 0.1) is 5.82 Å². The molecule has 4 aromatic rings. The SMILES string of the molecule is C/C=C(/C)c1ccccc1CCNC(=O)c1cc(C2CC2)c2nc(-c3ccc4c(c3F)C=C(C(=O)OC)CO4)cn2c1. The molecule has 42 heavy (non-hydrogen) atoms. The quantitative estimate of drug-likeness (QED) is 0.251. The van der Waals surface area contributed by atoms with E-state index in [1.807, 2.05) is 29.5 Å². The number of rotatable bonds is 8. The van der Waals surface area contributed by atoms with Gasteiger partial charge in [-0.1, -0.05) is 30.3 Å². The van der Waals surface area contributed by atoms with E-state index >= 15 is 4.39 Å². The Morgan fingerprint density at radius 2 is 2.00 bits per heavy atom.